The van der Waals surface area contributed by atoms with Crippen LogP contribution in [0.25, 0.3) is 0 Å². The fourth-order valence-electron chi connectivity index (χ4n) is 1.92. The van der Waals surface area contributed by atoms with Gasteiger partial charge in [-0.1, -0.05) is 22.9 Å². The molecular weight excluding hydrogens is 306 g/mol. The lowest BCUT2D eigenvalue weighted by atomic mass is 10.3. The van der Waals surface area contributed by atoms with E-state index in [1.165, 1.54) is 10.9 Å². The van der Waals surface area contributed by atoms with Gasteiger partial charge in [0.05, 0.1) is 6.20 Å². The molecule has 8 heteroatoms. The number of halogens is 1. The zero-order valence-electron chi connectivity index (χ0n) is 11.6. The molecule has 1 aromatic heterocycles. The van der Waals surface area contributed by atoms with Crippen molar-refractivity contribution in [3.8, 4) is 0 Å². The molecule has 0 spiro atoms. The van der Waals surface area contributed by atoms with E-state index in [0.717, 1.165) is 12.8 Å². The zero-order chi connectivity index (χ0) is 15.5. The minimum atomic E-state index is -0.257. The third-order valence-corrected chi connectivity index (χ3v) is 3.39. The van der Waals surface area contributed by atoms with Gasteiger partial charge in [0, 0.05) is 16.6 Å². The summed E-state index contributed by atoms with van der Waals surface area (Å²) < 4.78 is 1.36. The summed E-state index contributed by atoms with van der Waals surface area (Å²) in [6.45, 7) is -0.00118. The molecule has 1 aromatic carbocycles. The Balaban J connectivity index is 1.55. The van der Waals surface area contributed by atoms with Gasteiger partial charge < -0.3 is 10.6 Å². The summed E-state index contributed by atoms with van der Waals surface area (Å²) in [6, 6.07) is 6.87. The first-order valence-electron chi connectivity index (χ1n) is 6.86. The van der Waals surface area contributed by atoms with Crippen LogP contribution in [0.2, 0.25) is 5.02 Å². The Bertz CT molecular complexity index is 711. The molecule has 0 unspecified atom stereocenters. The van der Waals surface area contributed by atoms with Gasteiger partial charge in [-0.15, -0.1) is 5.10 Å². The number of carbonyl (C=O) groups excluding carboxylic acids is 2. The third kappa shape index (κ3) is 3.82. The molecule has 3 rings (SSSR count). The summed E-state index contributed by atoms with van der Waals surface area (Å²) in [4.78, 5) is 23.5. The quantitative estimate of drug-likeness (QED) is 0.881. The van der Waals surface area contributed by atoms with Crippen LogP contribution in [-0.2, 0) is 16.1 Å². The number of nitrogens with one attached hydrogen (secondary N) is 2. The first-order valence-corrected chi connectivity index (χ1v) is 7.24. The average Bonchev–Trinajstić information content (AvgIpc) is 3.22. The average molecular weight is 320 g/mol. The Hall–Kier alpha value is -2.41. The highest BCUT2D eigenvalue weighted by atomic mass is 35.5. The highest BCUT2D eigenvalue weighted by Crippen LogP contribution is 2.29. The number of aromatic nitrogens is 3. The normalized spacial score (nSPS) is 13.7. The van der Waals surface area contributed by atoms with E-state index in [1.807, 2.05) is 0 Å². The number of carbonyl (C=O) groups is 2. The van der Waals surface area contributed by atoms with Crippen molar-refractivity contribution in [1.29, 1.82) is 0 Å². The second kappa shape index (κ2) is 6.15. The molecule has 0 radical (unpaired) electrons. The van der Waals surface area contributed by atoms with Crippen LogP contribution in [0.5, 0.6) is 0 Å². The van der Waals surface area contributed by atoms with Crippen LogP contribution in [0, 0.1) is 5.92 Å². The van der Waals surface area contributed by atoms with Gasteiger partial charge in [0.2, 0.25) is 11.8 Å². The standard InChI is InChI=1S/C14H14ClN5O2/c15-10-2-1-3-11(6-10)16-13(21)8-20-7-12(18-19-20)17-14(22)9-4-5-9/h1-3,6-7,9H,4-5,8H2,(H,16,21)(H,17,22). The van der Waals surface area contributed by atoms with Gasteiger partial charge in [-0.05, 0) is 31.0 Å². The van der Waals surface area contributed by atoms with E-state index in [4.69, 9.17) is 11.6 Å². The smallest absolute Gasteiger partial charge is 0.246 e. The first-order chi connectivity index (χ1) is 10.6. The van der Waals surface area contributed by atoms with Gasteiger partial charge in [-0.3, -0.25) is 9.59 Å². The van der Waals surface area contributed by atoms with Crippen LogP contribution in [0.3, 0.4) is 0 Å². The van der Waals surface area contributed by atoms with Crippen molar-refractivity contribution in [2.24, 2.45) is 5.92 Å². The van der Waals surface area contributed by atoms with Crippen molar-refractivity contribution < 1.29 is 9.59 Å². The topological polar surface area (TPSA) is 88.9 Å². The summed E-state index contributed by atoms with van der Waals surface area (Å²) >= 11 is 5.85. The highest BCUT2D eigenvalue weighted by molar-refractivity contribution is 6.30. The number of hydrogen-bond acceptors (Lipinski definition) is 4. The second-order valence-corrected chi connectivity index (χ2v) is 5.56. The lowest BCUT2D eigenvalue weighted by molar-refractivity contribution is -0.117. The van der Waals surface area contributed by atoms with Crippen LogP contribution in [0.15, 0.2) is 30.5 Å². The molecule has 7 nitrogen and oxygen atoms in total. The largest absolute Gasteiger partial charge is 0.324 e. The van der Waals surface area contributed by atoms with E-state index in [0.29, 0.717) is 16.5 Å². The molecule has 1 fully saturated rings. The molecule has 22 heavy (non-hydrogen) atoms. The molecule has 2 N–H and O–H groups in total. The van der Waals surface area contributed by atoms with Gasteiger partial charge in [0.15, 0.2) is 5.82 Å². The van der Waals surface area contributed by atoms with Crippen molar-refractivity contribution in [1.82, 2.24) is 15.0 Å². The van der Waals surface area contributed by atoms with Crippen LogP contribution in [-0.4, -0.2) is 26.8 Å². The molecule has 1 aliphatic carbocycles. The number of benzene rings is 1. The number of hydrogen-bond donors (Lipinski definition) is 2. The van der Waals surface area contributed by atoms with E-state index in [2.05, 4.69) is 20.9 Å². The fourth-order valence-corrected chi connectivity index (χ4v) is 2.11. The van der Waals surface area contributed by atoms with E-state index in [9.17, 15) is 9.59 Å². The molecule has 114 valence electrons. The maximum absolute atomic E-state index is 11.9. The summed E-state index contributed by atoms with van der Waals surface area (Å²) in [7, 11) is 0. The minimum Gasteiger partial charge on any atom is -0.324 e. The van der Waals surface area contributed by atoms with E-state index in [1.54, 1.807) is 24.3 Å². The Morgan fingerprint density at radius 2 is 2.14 bits per heavy atom. The number of anilines is 2. The Morgan fingerprint density at radius 3 is 2.86 bits per heavy atom. The van der Waals surface area contributed by atoms with E-state index >= 15 is 0 Å². The van der Waals surface area contributed by atoms with E-state index < -0.39 is 0 Å². The number of nitrogens with zero attached hydrogens (tertiary/aromatic N) is 3. The number of amides is 2. The maximum atomic E-state index is 11.9. The predicted octanol–water partition coefficient (Wildman–Crippen LogP) is 1.92. The first kappa shape index (κ1) is 14.5. The summed E-state index contributed by atoms with van der Waals surface area (Å²) in [6.07, 6.45) is 3.36. The molecule has 1 saturated carbocycles. The van der Waals surface area contributed by atoms with Crippen molar-refractivity contribution in [3.63, 3.8) is 0 Å². The van der Waals surface area contributed by atoms with Crippen molar-refractivity contribution in [2.45, 2.75) is 19.4 Å². The number of rotatable bonds is 5. The molecule has 0 aliphatic heterocycles. The second-order valence-electron chi connectivity index (χ2n) is 5.12. The van der Waals surface area contributed by atoms with Crippen LogP contribution in [0.4, 0.5) is 11.5 Å². The molecule has 1 heterocycles. The molecular formula is C14H14ClN5O2. The Morgan fingerprint density at radius 1 is 1.32 bits per heavy atom. The van der Waals surface area contributed by atoms with E-state index in [-0.39, 0.29) is 24.3 Å². The molecule has 1 aliphatic rings. The van der Waals surface area contributed by atoms with Gasteiger partial charge in [-0.2, -0.15) is 0 Å². The zero-order valence-corrected chi connectivity index (χ0v) is 12.4. The molecule has 0 atom stereocenters. The summed E-state index contributed by atoms with van der Waals surface area (Å²) in [5.41, 5.74) is 0.611. The van der Waals surface area contributed by atoms with Crippen LogP contribution < -0.4 is 10.6 Å². The monoisotopic (exact) mass is 319 g/mol. The Kier molecular flexibility index (Phi) is 4.06. The SMILES string of the molecule is O=C(Cn1cc(NC(=O)C2CC2)nn1)Nc1cccc(Cl)c1. The molecule has 0 saturated heterocycles. The summed E-state index contributed by atoms with van der Waals surface area (Å²) in [5, 5.41) is 13.6. The molecule has 2 aromatic rings. The molecule has 2 amide bonds. The highest BCUT2D eigenvalue weighted by Gasteiger charge is 2.30. The lowest BCUT2D eigenvalue weighted by Gasteiger charge is -2.05. The van der Waals surface area contributed by atoms with Gasteiger partial charge in [0.25, 0.3) is 0 Å². The van der Waals surface area contributed by atoms with Gasteiger partial charge in [-0.25, -0.2) is 4.68 Å². The minimum absolute atomic E-state index is 0.00118. The lowest BCUT2D eigenvalue weighted by Crippen LogP contribution is -2.19. The fraction of sp³-hybridized carbons (Fsp3) is 0.286. The van der Waals surface area contributed by atoms with Crippen molar-refractivity contribution >= 4 is 34.9 Å². The Labute approximate surface area is 131 Å². The summed E-state index contributed by atoms with van der Waals surface area (Å²) in [5.74, 6) is 0.145. The van der Waals surface area contributed by atoms with Gasteiger partial charge in [0.1, 0.15) is 6.54 Å². The van der Waals surface area contributed by atoms with Gasteiger partial charge >= 0.3 is 0 Å². The maximum Gasteiger partial charge on any atom is 0.246 e. The van der Waals surface area contributed by atoms with Crippen LogP contribution in [0.1, 0.15) is 12.8 Å². The molecule has 0 bridgehead atoms. The predicted molar refractivity (Wildman–Crippen MR) is 81.5 cm³/mol. The van der Waals surface area contributed by atoms with Crippen molar-refractivity contribution in [3.05, 3.63) is 35.5 Å². The van der Waals surface area contributed by atoms with Crippen LogP contribution >= 0.6 is 11.6 Å². The third-order valence-electron chi connectivity index (χ3n) is 3.15. The van der Waals surface area contributed by atoms with Crippen molar-refractivity contribution in [2.75, 3.05) is 10.6 Å².